The van der Waals surface area contributed by atoms with E-state index in [2.05, 4.69) is 24.4 Å². The van der Waals surface area contributed by atoms with Gasteiger partial charge in [-0.3, -0.25) is 0 Å². The van der Waals surface area contributed by atoms with Crippen LogP contribution in [0.15, 0.2) is 18.2 Å². The molecule has 0 radical (unpaired) electrons. The van der Waals surface area contributed by atoms with Crippen molar-refractivity contribution in [3.8, 4) is 0 Å². The van der Waals surface area contributed by atoms with Crippen LogP contribution in [0, 0.1) is 0 Å². The highest BCUT2D eigenvalue weighted by atomic mass is 14.9. The van der Waals surface area contributed by atoms with Crippen molar-refractivity contribution in [3.05, 3.63) is 29.3 Å². The predicted octanol–water partition coefficient (Wildman–Crippen LogP) is 4.99. The highest BCUT2D eigenvalue weighted by molar-refractivity contribution is 5.47. The monoisotopic (exact) mass is 288 g/mol. The zero-order chi connectivity index (χ0) is 14.9. The summed E-state index contributed by atoms with van der Waals surface area (Å²) in [4.78, 5) is 0. The van der Waals surface area contributed by atoms with Gasteiger partial charge in [0.15, 0.2) is 0 Å². The Morgan fingerprint density at radius 1 is 1.05 bits per heavy atom. The van der Waals surface area contributed by atoms with Crippen molar-refractivity contribution in [3.63, 3.8) is 0 Å². The molecule has 0 aliphatic heterocycles. The van der Waals surface area contributed by atoms with Gasteiger partial charge in [-0.2, -0.15) is 0 Å². The standard InChI is InChI=1S/C19H32N2/c1-2-3-4-5-6-7-8-9-14-21-19-13-10-16-15-17(20)11-12-18(16)19/h11-12,15,19,21H,2-10,13-14,20H2,1H3. The molecular weight excluding hydrogens is 256 g/mol. The predicted molar refractivity (Wildman–Crippen MR) is 92.5 cm³/mol. The van der Waals surface area contributed by atoms with Gasteiger partial charge in [-0.05, 0) is 49.1 Å². The van der Waals surface area contributed by atoms with Crippen LogP contribution in [0.1, 0.15) is 81.9 Å². The van der Waals surface area contributed by atoms with E-state index in [1.54, 1.807) is 0 Å². The Kier molecular flexibility index (Phi) is 7.08. The van der Waals surface area contributed by atoms with Crippen molar-refractivity contribution in [1.82, 2.24) is 5.32 Å². The van der Waals surface area contributed by atoms with Crippen LogP contribution in [0.2, 0.25) is 0 Å². The van der Waals surface area contributed by atoms with Gasteiger partial charge in [0.1, 0.15) is 0 Å². The lowest BCUT2D eigenvalue weighted by molar-refractivity contribution is 0.498. The number of aryl methyl sites for hydroxylation is 1. The molecule has 0 amide bonds. The Morgan fingerprint density at radius 2 is 1.76 bits per heavy atom. The average molecular weight is 288 g/mol. The molecular formula is C19H32N2. The SMILES string of the molecule is CCCCCCCCCCNC1CCc2cc(N)ccc21. The molecule has 0 spiro atoms. The molecule has 0 aromatic heterocycles. The molecule has 3 N–H and O–H groups in total. The summed E-state index contributed by atoms with van der Waals surface area (Å²) in [5, 5.41) is 3.73. The highest BCUT2D eigenvalue weighted by Crippen LogP contribution is 2.32. The van der Waals surface area contributed by atoms with Gasteiger partial charge in [0.2, 0.25) is 0 Å². The number of hydrogen-bond acceptors (Lipinski definition) is 2. The Hall–Kier alpha value is -1.02. The van der Waals surface area contributed by atoms with Crippen molar-refractivity contribution in [2.75, 3.05) is 12.3 Å². The lowest BCUT2D eigenvalue weighted by Gasteiger charge is -2.14. The number of nitrogen functional groups attached to an aromatic ring is 1. The maximum absolute atomic E-state index is 5.85. The number of rotatable bonds is 10. The molecule has 21 heavy (non-hydrogen) atoms. The Morgan fingerprint density at radius 3 is 2.52 bits per heavy atom. The van der Waals surface area contributed by atoms with E-state index in [1.165, 1.54) is 75.3 Å². The zero-order valence-corrected chi connectivity index (χ0v) is 13.7. The fourth-order valence-corrected chi connectivity index (χ4v) is 3.38. The summed E-state index contributed by atoms with van der Waals surface area (Å²) < 4.78 is 0. The van der Waals surface area contributed by atoms with Gasteiger partial charge in [-0.25, -0.2) is 0 Å². The average Bonchev–Trinajstić information content (AvgIpc) is 2.88. The maximum Gasteiger partial charge on any atom is 0.0326 e. The molecule has 2 rings (SSSR count). The number of unbranched alkanes of at least 4 members (excludes halogenated alkanes) is 7. The second-order valence-electron chi connectivity index (χ2n) is 6.48. The molecule has 118 valence electrons. The molecule has 1 aromatic carbocycles. The van der Waals surface area contributed by atoms with E-state index >= 15 is 0 Å². The molecule has 0 bridgehead atoms. The number of benzene rings is 1. The first-order valence-corrected chi connectivity index (χ1v) is 8.93. The number of nitrogens with two attached hydrogens (primary N) is 1. The minimum atomic E-state index is 0.560. The third-order valence-electron chi connectivity index (χ3n) is 4.67. The van der Waals surface area contributed by atoms with Gasteiger partial charge in [0.25, 0.3) is 0 Å². The second kappa shape index (κ2) is 9.09. The van der Waals surface area contributed by atoms with Crippen LogP contribution in [0.3, 0.4) is 0 Å². The van der Waals surface area contributed by atoms with Gasteiger partial charge in [0.05, 0.1) is 0 Å². The summed E-state index contributed by atoms with van der Waals surface area (Å²) in [6.07, 6.45) is 13.5. The first-order valence-electron chi connectivity index (χ1n) is 8.93. The molecule has 0 saturated carbocycles. The number of nitrogens with one attached hydrogen (secondary N) is 1. The summed E-state index contributed by atoms with van der Waals surface area (Å²) in [6, 6.07) is 6.95. The van der Waals surface area contributed by atoms with Crippen LogP contribution < -0.4 is 11.1 Å². The summed E-state index contributed by atoms with van der Waals surface area (Å²) in [7, 11) is 0. The minimum absolute atomic E-state index is 0.560. The number of anilines is 1. The second-order valence-corrected chi connectivity index (χ2v) is 6.48. The topological polar surface area (TPSA) is 38.0 Å². The van der Waals surface area contributed by atoms with E-state index in [1.807, 2.05) is 6.07 Å². The molecule has 0 saturated heterocycles. The third-order valence-corrected chi connectivity index (χ3v) is 4.67. The summed E-state index contributed by atoms with van der Waals surface area (Å²) >= 11 is 0. The van der Waals surface area contributed by atoms with E-state index in [9.17, 15) is 0 Å². The molecule has 0 fully saturated rings. The van der Waals surface area contributed by atoms with Crippen molar-refractivity contribution in [2.45, 2.75) is 77.2 Å². The Balaban J connectivity index is 1.55. The molecule has 1 unspecified atom stereocenters. The lowest BCUT2D eigenvalue weighted by atomic mass is 10.1. The first kappa shape index (κ1) is 16.4. The summed E-state index contributed by atoms with van der Waals surface area (Å²) in [5.41, 5.74) is 9.68. The number of hydrogen-bond donors (Lipinski definition) is 2. The molecule has 1 atom stereocenters. The highest BCUT2D eigenvalue weighted by Gasteiger charge is 2.21. The van der Waals surface area contributed by atoms with E-state index in [-0.39, 0.29) is 0 Å². The summed E-state index contributed by atoms with van der Waals surface area (Å²) in [5.74, 6) is 0. The van der Waals surface area contributed by atoms with Crippen LogP contribution in [0.4, 0.5) is 5.69 Å². The van der Waals surface area contributed by atoms with Gasteiger partial charge < -0.3 is 11.1 Å². The van der Waals surface area contributed by atoms with Crippen molar-refractivity contribution >= 4 is 5.69 Å². The third kappa shape index (κ3) is 5.35. The quantitative estimate of drug-likeness (QED) is 0.470. The molecule has 1 aliphatic carbocycles. The molecule has 1 aromatic rings. The largest absolute Gasteiger partial charge is 0.399 e. The van der Waals surface area contributed by atoms with Gasteiger partial charge in [-0.15, -0.1) is 0 Å². The lowest BCUT2D eigenvalue weighted by Crippen LogP contribution is -2.20. The van der Waals surface area contributed by atoms with Crippen molar-refractivity contribution < 1.29 is 0 Å². The van der Waals surface area contributed by atoms with E-state index in [0.717, 1.165) is 12.2 Å². The van der Waals surface area contributed by atoms with Gasteiger partial charge >= 0.3 is 0 Å². The first-order chi connectivity index (χ1) is 10.3. The van der Waals surface area contributed by atoms with E-state index < -0.39 is 0 Å². The normalized spacial score (nSPS) is 17.1. The molecule has 2 nitrogen and oxygen atoms in total. The van der Waals surface area contributed by atoms with Crippen molar-refractivity contribution in [1.29, 1.82) is 0 Å². The van der Waals surface area contributed by atoms with E-state index in [4.69, 9.17) is 5.73 Å². The fourth-order valence-electron chi connectivity index (χ4n) is 3.38. The molecule has 2 heteroatoms. The number of fused-ring (bicyclic) bond motifs is 1. The van der Waals surface area contributed by atoms with E-state index in [0.29, 0.717) is 6.04 Å². The van der Waals surface area contributed by atoms with Crippen LogP contribution in [-0.4, -0.2) is 6.54 Å². The van der Waals surface area contributed by atoms with Crippen LogP contribution in [-0.2, 0) is 6.42 Å². The van der Waals surface area contributed by atoms with Crippen LogP contribution in [0.25, 0.3) is 0 Å². The van der Waals surface area contributed by atoms with Crippen LogP contribution in [0.5, 0.6) is 0 Å². The zero-order valence-electron chi connectivity index (χ0n) is 13.7. The van der Waals surface area contributed by atoms with Crippen molar-refractivity contribution in [2.24, 2.45) is 0 Å². The minimum Gasteiger partial charge on any atom is -0.399 e. The van der Waals surface area contributed by atoms with Gasteiger partial charge in [0, 0.05) is 11.7 Å². The fraction of sp³-hybridized carbons (Fsp3) is 0.684. The Bertz CT molecular complexity index is 414. The van der Waals surface area contributed by atoms with Gasteiger partial charge in [-0.1, -0.05) is 57.9 Å². The smallest absolute Gasteiger partial charge is 0.0326 e. The summed E-state index contributed by atoms with van der Waals surface area (Å²) in [6.45, 7) is 3.44. The Labute approximate surface area is 130 Å². The maximum atomic E-state index is 5.85. The van der Waals surface area contributed by atoms with Crippen LogP contribution >= 0.6 is 0 Å². The molecule has 0 heterocycles. The molecule has 1 aliphatic rings.